The molecule has 0 saturated carbocycles. The molecular weight excluding hydrogens is 226 g/mol. The van der Waals surface area contributed by atoms with E-state index in [1.807, 2.05) is 18.2 Å². The molecule has 1 atom stereocenters. The topological polar surface area (TPSA) is 52.3 Å². The Morgan fingerprint density at radius 3 is 2.56 bits per heavy atom. The first-order chi connectivity index (χ1) is 8.44. The number of amides is 1. The van der Waals surface area contributed by atoms with E-state index in [1.54, 1.807) is 0 Å². The maximum atomic E-state index is 11.4. The first kappa shape index (κ1) is 13.1. The van der Waals surface area contributed by atoms with E-state index in [0.29, 0.717) is 13.0 Å². The number of rotatable bonds is 3. The summed E-state index contributed by atoms with van der Waals surface area (Å²) in [6.07, 6.45) is 2.07. The van der Waals surface area contributed by atoms with Crippen molar-refractivity contribution in [3.05, 3.63) is 35.9 Å². The van der Waals surface area contributed by atoms with E-state index >= 15 is 0 Å². The number of nitrogens with two attached hydrogens (primary N) is 1. The summed E-state index contributed by atoms with van der Waals surface area (Å²) in [5.41, 5.74) is 6.27. The summed E-state index contributed by atoms with van der Waals surface area (Å²) in [6, 6.07) is 10.2. The average Bonchev–Trinajstić information content (AvgIpc) is 2.28. The second-order valence-corrected chi connectivity index (χ2v) is 5.82. The van der Waals surface area contributed by atoms with E-state index in [4.69, 9.17) is 10.5 Å². The maximum Gasteiger partial charge on any atom is 0.218 e. The Morgan fingerprint density at radius 1 is 1.33 bits per heavy atom. The van der Waals surface area contributed by atoms with Crippen molar-refractivity contribution in [2.24, 2.45) is 5.73 Å². The molecule has 1 heterocycles. The summed E-state index contributed by atoms with van der Waals surface area (Å²) in [5, 5.41) is 0. The molecule has 0 spiro atoms. The molecule has 0 unspecified atom stereocenters. The zero-order valence-electron chi connectivity index (χ0n) is 11.1. The SMILES string of the molecule is CC1(C)C[C@](CC(N)=O)(c2ccccc2)CCO1. The minimum atomic E-state index is -0.239. The lowest BCUT2D eigenvalue weighted by atomic mass is 9.67. The van der Waals surface area contributed by atoms with E-state index in [2.05, 4.69) is 26.0 Å². The zero-order chi connectivity index (χ0) is 13.2. The van der Waals surface area contributed by atoms with Crippen LogP contribution in [0.3, 0.4) is 0 Å². The van der Waals surface area contributed by atoms with E-state index in [0.717, 1.165) is 12.8 Å². The molecule has 1 saturated heterocycles. The van der Waals surface area contributed by atoms with Gasteiger partial charge in [-0.25, -0.2) is 0 Å². The highest BCUT2D eigenvalue weighted by atomic mass is 16.5. The molecule has 98 valence electrons. The van der Waals surface area contributed by atoms with E-state index in [-0.39, 0.29) is 16.9 Å². The fourth-order valence-corrected chi connectivity index (χ4v) is 3.10. The summed E-state index contributed by atoms with van der Waals surface area (Å²) < 4.78 is 5.77. The van der Waals surface area contributed by atoms with Crippen LogP contribution in [0.25, 0.3) is 0 Å². The molecule has 1 amide bonds. The first-order valence-corrected chi connectivity index (χ1v) is 6.41. The Kier molecular flexibility index (Phi) is 3.44. The van der Waals surface area contributed by atoms with Crippen molar-refractivity contribution in [1.82, 2.24) is 0 Å². The summed E-state index contributed by atoms with van der Waals surface area (Å²) in [6.45, 7) is 4.82. The maximum absolute atomic E-state index is 11.4. The van der Waals surface area contributed by atoms with Gasteiger partial charge < -0.3 is 10.5 Å². The largest absolute Gasteiger partial charge is 0.376 e. The van der Waals surface area contributed by atoms with Gasteiger partial charge in [0.2, 0.25) is 5.91 Å². The van der Waals surface area contributed by atoms with Crippen molar-refractivity contribution in [3.63, 3.8) is 0 Å². The number of ether oxygens (including phenoxy) is 1. The lowest BCUT2D eigenvalue weighted by Crippen LogP contribution is -2.46. The molecule has 3 heteroatoms. The van der Waals surface area contributed by atoms with Gasteiger partial charge in [-0.2, -0.15) is 0 Å². The molecule has 1 aromatic carbocycles. The molecule has 2 rings (SSSR count). The van der Waals surface area contributed by atoms with Crippen molar-refractivity contribution in [2.45, 2.75) is 44.1 Å². The number of carbonyl (C=O) groups is 1. The normalized spacial score (nSPS) is 26.8. The fraction of sp³-hybridized carbons (Fsp3) is 0.533. The molecule has 2 N–H and O–H groups in total. The second-order valence-electron chi connectivity index (χ2n) is 5.82. The predicted molar refractivity (Wildman–Crippen MR) is 71.2 cm³/mol. The zero-order valence-corrected chi connectivity index (χ0v) is 11.1. The highest BCUT2D eigenvalue weighted by Crippen LogP contribution is 2.43. The Morgan fingerprint density at radius 2 is 2.00 bits per heavy atom. The van der Waals surface area contributed by atoms with Crippen LogP contribution in [0.4, 0.5) is 0 Å². The quantitative estimate of drug-likeness (QED) is 0.891. The van der Waals surface area contributed by atoms with Gasteiger partial charge in [-0.15, -0.1) is 0 Å². The Bertz CT molecular complexity index is 427. The number of hydrogen-bond acceptors (Lipinski definition) is 2. The fourth-order valence-electron chi connectivity index (χ4n) is 3.10. The number of hydrogen-bond donors (Lipinski definition) is 1. The number of benzene rings is 1. The van der Waals surface area contributed by atoms with Crippen LogP contribution in [0.15, 0.2) is 30.3 Å². The molecule has 0 aliphatic carbocycles. The van der Waals surface area contributed by atoms with Gasteiger partial charge in [0, 0.05) is 18.4 Å². The highest BCUT2D eigenvalue weighted by molar-refractivity contribution is 5.75. The summed E-state index contributed by atoms with van der Waals surface area (Å²) in [7, 11) is 0. The van der Waals surface area contributed by atoms with Gasteiger partial charge in [-0.3, -0.25) is 4.79 Å². The second kappa shape index (κ2) is 4.73. The van der Waals surface area contributed by atoms with Crippen molar-refractivity contribution in [2.75, 3.05) is 6.61 Å². The summed E-state index contributed by atoms with van der Waals surface area (Å²) in [4.78, 5) is 11.4. The summed E-state index contributed by atoms with van der Waals surface area (Å²) in [5.74, 6) is -0.239. The van der Waals surface area contributed by atoms with Gasteiger partial charge >= 0.3 is 0 Å². The van der Waals surface area contributed by atoms with Crippen molar-refractivity contribution >= 4 is 5.91 Å². The molecule has 1 aliphatic heterocycles. The van der Waals surface area contributed by atoms with Crippen LogP contribution in [0, 0.1) is 0 Å². The minimum Gasteiger partial charge on any atom is -0.376 e. The average molecular weight is 247 g/mol. The lowest BCUT2D eigenvalue weighted by molar-refractivity contribution is -0.123. The molecule has 0 radical (unpaired) electrons. The third-order valence-corrected chi connectivity index (χ3v) is 3.74. The Hall–Kier alpha value is -1.35. The highest BCUT2D eigenvalue weighted by Gasteiger charge is 2.42. The van der Waals surface area contributed by atoms with Gasteiger partial charge in [-0.05, 0) is 32.3 Å². The van der Waals surface area contributed by atoms with Crippen LogP contribution in [-0.4, -0.2) is 18.1 Å². The monoisotopic (exact) mass is 247 g/mol. The van der Waals surface area contributed by atoms with Crippen molar-refractivity contribution in [3.8, 4) is 0 Å². The van der Waals surface area contributed by atoms with Gasteiger partial charge in [0.05, 0.1) is 5.60 Å². The van der Waals surface area contributed by atoms with E-state index in [9.17, 15) is 4.79 Å². The van der Waals surface area contributed by atoms with Gasteiger partial charge in [0.25, 0.3) is 0 Å². The van der Waals surface area contributed by atoms with Crippen LogP contribution >= 0.6 is 0 Å². The van der Waals surface area contributed by atoms with Gasteiger partial charge in [-0.1, -0.05) is 30.3 Å². The van der Waals surface area contributed by atoms with Crippen LogP contribution in [0.5, 0.6) is 0 Å². The molecule has 18 heavy (non-hydrogen) atoms. The van der Waals surface area contributed by atoms with Crippen LogP contribution in [-0.2, 0) is 14.9 Å². The lowest BCUT2D eigenvalue weighted by Gasteiger charge is -2.45. The third kappa shape index (κ3) is 2.72. The van der Waals surface area contributed by atoms with Crippen LogP contribution in [0.2, 0.25) is 0 Å². The molecule has 3 nitrogen and oxygen atoms in total. The third-order valence-electron chi connectivity index (χ3n) is 3.74. The molecule has 0 aromatic heterocycles. The Labute approximate surface area is 108 Å². The van der Waals surface area contributed by atoms with Gasteiger partial charge in [0.15, 0.2) is 0 Å². The molecular formula is C15H21NO2. The van der Waals surface area contributed by atoms with E-state index < -0.39 is 0 Å². The molecule has 1 aromatic rings. The summed E-state index contributed by atoms with van der Waals surface area (Å²) >= 11 is 0. The minimum absolute atomic E-state index is 0.172. The first-order valence-electron chi connectivity index (χ1n) is 6.41. The van der Waals surface area contributed by atoms with Crippen LogP contribution < -0.4 is 5.73 Å². The molecule has 1 aliphatic rings. The van der Waals surface area contributed by atoms with E-state index in [1.165, 1.54) is 5.56 Å². The smallest absolute Gasteiger partial charge is 0.218 e. The molecule has 1 fully saturated rings. The van der Waals surface area contributed by atoms with Crippen molar-refractivity contribution in [1.29, 1.82) is 0 Å². The van der Waals surface area contributed by atoms with Gasteiger partial charge in [0.1, 0.15) is 0 Å². The molecule has 0 bridgehead atoms. The Balaban J connectivity index is 2.38. The predicted octanol–water partition coefficient (Wildman–Crippen LogP) is 2.39. The van der Waals surface area contributed by atoms with Crippen LogP contribution in [0.1, 0.15) is 38.7 Å². The number of carbonyl (C=O) groups excluding carboxylic acids is 1. The van der Waals surface area contributed by atoms with Crippen molar-refractivity contribution < 1.29 is 9.53 Å². The standard InChI is InChI=1S/C15H21NO2/c1-14(2)11-15(8-9-18-14,10-13(16)17)12-6-4-3-5-7-12/h3-7H,8-11H2,1-2H3,(H2,16,17)/t15-/m0/s1. The number of primary amides is 1.